The number of allylic oxidation sites excluding steroid dienone is 2. The summed E-state index contributed by atoms with van der Waals surface area (Å²) in [6.07, 6.45) is 3.85. The van der Waals surface area contributed by atoms with Crippen molar-refractivity contribution < 1.29 is 4.39 Å². The molecule has 1 aliphatic heterocycles. The second-order valence-electron chi connectivity index (χ2n) is 4.93. The number of dihydropyridines is 1. The highest BCUT2D eigenvalue weighted by Gasteiger charge is 2.20. The first kappa shape index (κ1) is 13.7. The molecule has 1 aromatic carbocycles. The highest BCUT2D eigenvalue weighted by molar-refractivity contribution is 6.10. The summed E-state index contributed by atoms with van der Waals surface area (Å²) in [5.74, 6) is 0.236. The molecule has 1 aliphatic rings. The third kappa shape index (κ3) is 2.83. The lowest BCUT2D eigenvalue weighted by Gasteiger charge is -2.23. The quantitative estimate of drug-likeness (QED) is 0.744. The molecule has 1 aromatic rings. The Hall–Kier alpha value is -1.70. The SMILES string of the molecule is C=CC1=C(c2ccc(F)cc2)CCN=C1C(C)CC. The highest BCUT2D eigenvalue weighted by atomic mass is 19.1. The molecule has 0 aliphatic carbocycles. The summed E-state index contributed by atoms with van der Waals surface area (Å²) >= 11 is 0. The Balaban J connectivity index is 2.46. The van der Waals surface area contributed by atoms with Crippen molar-refractivity contribution in [2.75, 3.05) is 6.54 Å². The maximum Gasteiger partial charge on any atom is 0.123 e. The maximum absolute atomic E-state index is 13.0. The minimum Gasteiger partial charge on any atom is -0.289 e. The van der Waals surface area contributed by atoms with E-state index in [2.05, 4.69) is 25.4 Å². The van der Waals surface area contributed by atoms with Crippen LogP contribution in [0.2, 0.25) is 0 Å². The van der Waals surface area contributed by atoms with Crippen LogP contribution in [0.1, 0.15) is 32.3 Å². The van der Waals surface area contributed by atoms with Crippen LogP contribution in [-0.2, 0) is 0 Å². The van der Waals surface area contributed by atoms with Crippen molar-refractivity contribution in [2.24, 2.45) is 10.9 Å². The number of benzene rings is 1. The molecule has 0 fully saturated rings. The average Bonchev–Trinajstić information content (AvgIpc) is 2.46. The fourth-order valence-corrected chi connectivity index (χ4v) is 2.46. The Kier molecular flexibility index (Phi) is 4.31. The first-order valence-corrected chi connectivity index (χ1v) is 6.83. The predicted molar refractivity (Wildman–Crippen MR) is 79.9 cm³/mol. The third-order valence-corrected chi connectivity index (χ3v) is 3.72. The second kappa shape index (κ2) is 5.96. The molecule has 0 radical (unpaired) electrons. The normalized spacial score (nSPS) is 17.1. The number of rotatable bonds is 4. The van der Waals surface area contributed by atoms with Crippen LogP contribution in [0.5, 0.6) is 0 Å². The average molecular weight is 257 g/mol. The minimum absolute atomic E-state index is 0.198. The van der Waals surface area contributed by atoms with Gasteiger partial charge in [0.15, 0.2) is 0 Å². The van der Waals surface area contributed by atoms with E-state index in [1.54, 1.807) is 0 Å². The van der Waals surface area contributed by atoms with Gasteiger partial charge in [0, 0.05) is 12.3 Å². The van der Waals surface area contributed by atoms with Crippen molar-refractivity contribution >= 4 is 11.3 Å². The molecular formula is C17H20FN. The molecule has 0 bridgehead atoms. The molecule has 1 unspecified atom stereocenters. The van der Waals surface area contributed by atoms with E-state index in [1.807, 2.05) is 18.2 Å². The van der Waals surface area contributed by atoms with Crippen molar-refractivity contribution in [1.29, 1.82) is 0 Å². The maximum atomic E-state index is 13.0. The molecule has 2 rings (SSSR count). The molecule has 19 heavy (non-hydrogen) atoms. The number of hydrogen-bond donors (Lipinski definition) is 0. The summed E-state index contributed by atoms with van der Waals surface area (Å²) < 4.78 is 13.0. The molecule has 0 aromatic heterocycles. The Bertz CT molecular complexity index is 523. The van der Waals surface area contributed by atoms with Crippen LogP contribution in [0.4, 0.5) is 4.39 Å². The molecule has 0 N–H and O–H groups in total. The van der Waals surface area contributed by atoms with Gasteiger partial charge in [0.1, 0.15) is 5.82 Å². The Labute approximate surface area is 114 Å². The van der Waals surface area contributed by atoms with E-state index in [0.717, 1.165) is 36.2 Å². The standard InChI is InChI=1S/C17H20FN/c1-4-12(3)17-15(5-2)16(10-11-19-17)13-6-8-14(18)9-7-13/h5-9,12H,2,4,10-11H2,1,3H3. The molecule has 1 nitrogen and oxygen atoms in total. The van der Waals surface area contributed by atoms with Gasteiger partial charge in [0.2, 0.25) is 0 Å². The minimum atomic E-state index is -0.198. The summed E-state index contributed by atoms with van der Waals surface area (Å²) in [6, 6.07) is 6.71. The van der Waals surface area contributed by atoms with E-state index in [0.29, 0.717) is 5.92 Å². The van der Waals surface area contributed by atoms with Gasteiger partial charge in [-0.3, -0.25) is 4.99 Å². The van der Waals surface area contributed by atoms with Crippen molar-refractivity contribution in [3.05, 3.63) is 53.9 Å². The molecule has 1 heterocycles. The predicted octanol–water partition coefficient (Wildman–Crippen LogP) is 4.66. The largest absolute Gasteiger partial charge is 0.289 e. The van der Waals surface area contributed by atoms with Gasteiger partial charge < -0.3 is 0 Å². The van der Waals surface area contributed by atoms with E-state index in [4.69, 9.17) is 0 Å². The third-order valence-electron chi connectivity index (χ3n) is 3.72. The van der Waals surface area contributed by atoms with Gasteiger partial charge in [0.05, 0.1) is 0 Å². The monoisotopic (exact) mass is 257 g/mol. The lowest BCUT2D eigenvalue weighted by Crippen LogP contribution is -2.18. The summed E-state index contributed by atoms with van der Waals surface area (Å²) in [4.78, 5) is 4.66. The van der Waals surface area contributed by atoms with Crippen LogP contribution in [-0.4, -0.2) is 12.3 Å². The van der Waals surface area contributed by atoms with Crippen LogP contribution < -0.4 is 0 Å². The van der Waals surface area contributed by atoms with Gasteiger partial charge in [-0.2, -0.15) is 0 Å². The van der Waals surface area contributed by atoms with Crippen LogP contribution in [0, 0.1) is 11.7 Å². The number of nitrogens with zero attached hydrogens (tertiary/aromatic N) is 1. The van der Waals surface area contributed by atoms with E-state index < -0.39 is 0 Å². The summed E-state index contributed by atoms with van der Waals surface area (Å²) in [7, 11) is 0. The van der Waals surface area contributed by atoms with Gasteiger partial charge in [-0.25, -0.2) is 4.39 Å². The molecule has 0 amide bonds. The Morgan fingerprint density at radius 1 is 1.37 bits per heavy atom. The number of halogens is 1. The molecule has 0 spiro atoms. The molecule has 0 saturated carbocycles. The first-order valence-electron chi connectivity index (χ1n) is 6.83. The summed E-state index contributed by atoms with van der Waals surface area (Å²) in [5, 5.41) is 0. The van der Waals surface area contributed by atoms with Crippen LogP contribution in [0.3, 0.4) is 0 Å². The van der Waals surface area contributed by atoms with Gasteiger partial charge in [-0.05, 0) is 47.6 Å². The fraction of sp³-hybridized carbons (Fsp3) is 0.353. The van der Waals surface area contributed by atoms with Gasteiger partial charge in [0.25, 0.3) is 0 Å². The lowest BCUT2D eigenvalue weighted by atomic mass is 9.86. The fourth-order valence-electron chi connectivity index (χ4n) is 2.46. The van der Waals surface area contributed by atoms with Crippen molar-refractivity contribution in [3.63, 3.8) is 0 Å². The zero-order valence-electron chi connectivity index (χ0n) is 11.6. The molecule has 100 valence electrons. The zero-order chi connectivity index (χ0) is 13.8. The Morgan fingerprint density at radius 3 is 2.63 bits per heavy atom. The smallest absolute Gasteiger partial charge is 0.123 e. The zero-order valence-corrected chi connectivity index (χ0v) is 11.6. The second-order valence-corrected chi connectivity index (χ2v) is 4.93. The molecule has 1 atom stereocenters. The highest BCUT2D eigenvalue weighted by Crippen LogP contribution is 2.30. The summed E-state index contributed by atoms with van der Waals surface area (Å²) in [5.41, 5.74) is 4.59. The van der Waals surface area contributed by atoms with Crippen molar-refractivity contribution in [3.8, 4) is 0 Å². The lowest BCUT2D eigenvalue weighted by molar-refractivity contribution is 0.627. The van der Waals surface area contributed by atoms with Gasteiger partial charge >= 0.3 is 0 Å². The Morgan fingerprint density at radius 2 is 2.05 bits per heavy atom. The van der Waals surface area contributed by atoms with Gasteiger partial charge in [-0.15, -0.1) is 0 Å². The number of hydrogen-bond acceptors (Lipinski definition) is 1. The first-order chi connectivity index (χ1) is 9.17. The van der Waals surface area contributed by atoms with Gasteiger partial charge in [-0.1, -0.05) is 38.6 Å². The molecule has 2 heteroatoms. The van der Waals surface area contributed by atoms with E-state index in [1.165, 1.54) is 17.7 Å². The van der Waals surface area contributed by atoms with Crippen molar-refractivity contribution in [1.82, 2.24) is 0 Å². The number of aliphatic imine (C=N–C) groups is 1. The summed E-state index contributed by atoms with van der Waals surface area (Å²) in [6.45, 7) is 9.10. The van der Waals surface area contributed by atoms with E-state index in [-0.39, 0.29) is 5.82 Å². The molecular weight excluding hydrogens is 237 g/mol. The van der Waals surface area contributed by atoms with Crippen molar-refractivity contribution in [2.45, 2.75) is 26.7 Å². The van der Waals surface area contributed by atoms with Crippen LogP contribution in [0.15, 0.2) is 47.5 Å². The van der Waals surface area contributed by atoms with Crippen LogP contribution in [0.25, 0.3) is 5.57 Å². The van der Waals surface area contributed by atoms with Crippen LogP contribution >= 0.6 is 0 Å². The van der Waals surface area contributed by atoms with E-state index in [9.17, 15) is 4.39 Å². The topological polar surface area (TPSA) is 12.4 Å². The van der Waals surface area contributed by atoms with E-state index >= 15 is 0 Å². The molecule has 0 saturated heterocycles.